The van der Waals surface area contributed by atoms with Gasteiger partial charge >= 0.3 is 0 Å². The fourth-order valence-electron chi connectivity index (χ4n) is 1.86. The van der Waals surface area contributed by atoms with Crippen LogP contribution in [0.1, 0.15) is 24.3 Å². The Morgan fingerprint density at radius 1 is 1.44 bits per heavy atom. The van der Waals surface area contributed by atoms with Gasteiger partial charge in [-0.1, -0.05) is 5.16 Å². The van der Waals surface area contributed by atoms with Gasteiger partial charge in [0, 0.05) is 37.0 Å². The highest BCUT2D eigenvalue weighted by Crippen LogP contribution is 2.20. The van der Waals surface area contributed by atoms with Crippen LogP contribution in [0.4, 0.5) is 0 Å². The number of hydrogen-bond acceptors (Lipinski definition) is 5. The van der Waals surface area contributed by atoms with Gasteiger partial charge in [0.15, 0.2) is 0 Å². The molecule has 1 saturated carbocycles. The molecule has 1 aliphatic carbocycles. The van der Waals surface area contributed by atoms with Gasteiger partial charge in [-0.25, -0.2) is 0 Å². The summed E-state index contributed by atoms with van der Waals surface area (Å²) in [5.74, 6) is 1.34. The number of nitrogens with zero attached hydrogens (tertiary/aromatic N) is 3. The molecule has 5 heteroatoms. The third kappa shape index (κ3) is 2.56. The summed E-state index contributed by atoms with van der Waals surface area (Å²) >= 11 is 0. The van der Waals surface area contributed by atoms with Crippen LogP contribution in [-0.4, -0.2) is 27.7 Å². The van der Waals surface area contributed by atoms with Crippen LogP contribution in [0.25, 0.3) is 11.4 Å². The van der Waals surface area contributed by atoms with Crippen molar-refractivity contribution in [1.82, 2.24) is 20.4 Å². The smallest absolute Gasteiger partial charge is 0.228 e. The minimum Gasteiger partial charge on any atom is -0.339 e. The van der Waals surface area contributed by atoms with E-state index in [1.54, 1.807) is 12.4 Å². The largest absolute Gasteiger partial charge is 0.339 e. The lowest BCUT2D eigenvalue weighted by atomic mass is 10.1. The Morgan fingerprint density at radius 3 is 3.11 bits per heavy atom. The van der Waals surface area contributed by atoms with Gasteiger partial charge in [0.1, 0.15) is 0 Å². The lowest BCUT2D eigenvalue weighted by molar-refractivity contribution is 0.376. The molecule has 2 heterocycles. The van der Waals surface area contributed by atoms with E-state index < -0.39 is 0 Å². The average Bonchev–Trinajstić information content (AvgIpc) is 3.08. The second-order valence-corrected chi connectivity index (χ2v) is 4.68. The summed E-state index contributed by atoms with van der Waals surface area (Å²) in [6.45, 7) is 2.90. The van der Waals surface area contributed by atoms with Crippen LogP contribution in [0.3, 0.4) is 0 Å². The number of rotatable bonds is 5. The molecule has 1 fully saturated rings. The van der Waals surface area contributed by atoms with E-state index in [1.807, 2.05) is 13.0 Å². The molecule has 0 amide bonds. The van der Waals surface area contributed by atoms with Crippen LogP contribution in [0, 0.1) is 6.92 Å². The molecule has 94 valence electrons. The topological polar surface area (TPSA) is 63.8 Å². The maximum Gasteiger partial charge on any atom is 0.228 e. The molecular formula is C13H16N4O. The Balaban J connectivity index is 1.66. The summed E-state index contributed by atoms with van der Waals surface area (Å²) in [4.78, 5) is 8.47. The fourth-order valence-corrected chi connectivity index (χ4v) is 1.86. The summed E-state index contributed by atoms with van der Waals surface area (Å²) in [5.41, 5.74) is 2.04. The van der Waals surface area contributed by atoms with Crippen molar-refractivity contribution in [1.29, 1.82) is 0 Å². The summed E-state index contributed by atoms with van der Waals surface area (Å²) in [6.07, 6.45) is 6.93. The van der Waals surface area contributed by atoms with Crippen molar-refractivity contribution in [2.75, 3.05) is 6.54 Å². The lowest BCUT2D eigenvalue weighted by Crippen LogP contribution is -2.19. The van der Waals surface area contributed by atoms with Gasteiger partial charge in [-0.05, 0) is 31.4 Å². The third-order valence-corrected chi connectivity index (χ3v) is 3.08. The minimum atomic E-state index is 0.649. The lowest BCUT2D eigenvalue weighted by Gasteiger charge is -1.98. The normalized spacial score (nSPS) is 14.9. The molecule has 2 aromatic rings. The van der Waals surface area contributed by atoms with Crippen molar-refractivity contribution < 1.29 is 4.52 Å². The van der Waals surface area contributed by atoms with Crippen molar-refractivity contribution in [2.24, 2.45) is 0 Å². The summed E-state index contributed by atoms with van der Waals surface area (Å²) in [7, 11) is 0. The molecule has 0 spiro atoms. The second kappa shape index (κ2) is 4.86. The molecule has 1 aliphatic rings. The van der Waals surface area contributed by atoms with E-state index in [0.717, 1.165) is 30.1 Å². The van der Waals surface area contributed by atoms with Gasteiger partial charge in [0.05, 0.1) is 0 Å². The molecule has 18 heavy (non-hydrogen) atoms. The van der Waals surface area contributed by atoms with E-state index in [0.29, 0.717) is 11.7 Å². The number of pyridine rings is 1. The Hall–Kier alpha value is -1.75. The standard InChI is InChI=1S/C13H16N4O/c1-9-8-14-6-4-11(9)13-16-12(18-17-13)5-7-15-10-2-3-10/h4,6,8,10,15H,2-3,5,7H2,1H3. The molecule has 3 rings (SSSR count). The zero-order valence-corrected chi connectivity index (χ0v) is 10.4. The van der Waals surface area contributed by atoms with E-state index in [2.05, 4.69) is 20.4 Å². The van der Waals surface area contributed by atoms with Gasteiger partial charge in [0.2, 0.25) is 11.7 Å². The summed E-state index contributed by atoms with van der Waals surface area (Å²) < 4.78 is 5.25. The summed E-state index contributed by atoms with van der Waals surface area (Å²) in [5, 5.41) is 7.45. The number of hydrogen-bond donors (Lipinski definition) is 1. The van der Waals surface area contributed by atoms with Gasteiger partial charge in [0.25, 0.3) is 0 Å². The molecular weight excluding hydrogens is 228 g/mol. The van der Waals surface area contributed by atoms with Crippen molar-refractivity contribution in [3.63, 3.8) is 0 Å². The number of aryl methyl sites for hydroxylation is 1. The number of nitrogens with one attached hydrogen (secondary N) is 1. The van der Waals surface area contributed by atoms with Crippen molar-refractivity contribution in [3.8, 4) is 11.4 Å². The maximum absolute atomic E-state index is 5.25. The monoisotopic (exact) mass is 244 g/mol. The van der Waals surface area contributed by atoms with Crippen LogP contribution in [0.2, 0.25) is 0 Å². The van der Waals surface area contributed by atoms with E-state index in [1.165, 1.54) is 12.8 Å². The first-order valence-corrected chi connectivity index (χ1v) is 6.30. The van der Waals surface area contributed by atoms with E-state index >= 15 is 0 Å². The molecule has 0 aliphatic heterocycles. The highest BCUT2D eigenvalue weighted by atomic mass is 16.5. The van der Waals surface area contributed by atoms with Crippen LogP contribution < -0.4 is 5.32 Å². The SMILES string of the molecule is Cc1cnccc1-c1noc(CCNC2CC2)n1. The summed E-state index contributed by atoms with van der Waals surface area (Å²) in [6, 6.07) is 2.63. The Labute approximate surface area is 106 Å². The second-order valence-electron chi connectivity index (χ2n) is 4.68. The van der Waals surface area contributed by atoms with Crippen LogP contribution in [0.5, 0.6) is 0 Å². The Morgan fingerprint density at radius 2 is 2.33 bits per heavy atom. The van der Waals surface area contributed by atoms with E-state index in [-0.39, 0.29) is 0 Å². The van der Waals surface area contributed by atoms with Gasteiger partial charge < -0.3 is 9.84 Å². The van der Waals surface area contributed by atoms with Crippen molar-refractivity contribution in [2.45, 2.75) is 32.2 Å². The van der Waals surface area contributed by atoms with Gasteiger partial charge in [-0.3, -0.25) is 4.98 Å². The van der Waals surface area contributed by atoms with Crippen LogP contribution in [-0.2, 0) is 6.42 Å². The molecule has 0 bridgehead atoms. The average molecular weight is 244 g/mol. The van der Waals surface area contributed by atoms with E-state index in [9.17, 15) is 0 Å². The molecule has 2 aromatic heterocycles. The highest BCUT2D eigenvalue weighted by molar-refractivity contribution is 5.57. The van der Waals surface area contributed by atoms with Gasteiger partial charge in [-0.2, -0.15) is 4.98 Å². The molecule has 0 saturated heterocycles. The molecule has 1 N–H and O–H groups in total. The van der Waals surface area contributed by atoms with Crippen molar-refractivity contribution >= 4 is 0 Å². The molecule has 5 nitrogen and oxygen atoms in total. The first-order chi connectivity index (χ1) is 8.83. The highest BCUT2D eigenvalue weighted by Gasteiger charge is 2.20. The van der Waals surface area contributed by atoms with Crippen molar-refractivity contribution in [3.05, 3.63) is 29.9 Å². The van der Waals surface area contributed by atoms with Crippen LogP contribution >= 0.6 is 0 Å². The zero-order valence-electron chi connectivity index (χ0n) is 10.4. The zero-order chi connectivity index (χ0) is 12.4. The molecule has 0 atom stereocenters. The predicted molar refractivity (Wildman–Crippen MR) is 67.0 cm³/mol. The first kappa shape index (κ1) is 11.3. The fraction of sp³-hybridized carbons (Fsp3) is 0.462. The van der Waals surface area contributed by atoms with Gasteiger partial charge in [-0.15, -0.1) is 0 Å². The maximum atomic E-state index is 5.25. The number of aromatic nitrogens is 3. The Kier molecular flexibility index (Phi) is 3.06. The minimum absolute atomic E-state index is 0.649. The quantitative estimate of drug-likeness (QED) is 0.867. The molecule has 0 radical (unpaired) electrons. The predicted octanol–water partition coefficient (Wildman–Crippen LogP) is 1.73. The van der Waals surface area contributed by atoms with Crippen LogP contribution in [0.15, 0.2) is 23.0 Å². The van der Waals surface area contributed by atoms with E-state index in [4.69, 9.17) is 4.52 Å². The third-order valence-electron chi connectivity index (χ3n) is 3.08. The molecule has 0 aromatic carbocycles. The first-order valence-electron chi connectivity index (χ1n) is 6.30. The molecule has 0 unspecified atom stereocenters. The Bertz CT molecular complexity index is 533.